The predicted octanol–water partition coefficient (Wildman–Crippen LogP) is 0.683. The highest BCUT2D eigenvalue weighted by Gasteiger charge is 1.84. The van der Waals surface area contributed by atoms with E-state index in [0.29, 0.717) is 0 Å². The fraction of sp³-hybridized carbons (Fsp3) is 0.333. The first kappa shape index (κ1) is 4.02. The molecular weight excluding hydrogens is 98.1 g/mol. The molecule has 0 aliphatic carbocycles. The Morgan fingerprint density at radius 2 is 2.83 bits per heavy atom. The van der Waals surface area contributed by atoms with Crippen molar-refractivity contribution in [3.63, 3.8) is 0 Å². The summed E-state index contributed by atoms with van der Waals surface area (Å²) in [6.07, 6.45) is 1.76. The first-order valence-corrected chi connectivity index (χ1v) is 2.69. The average Bonchev–Trinajstić information content (AvgIpc) is 1.72. The highest BCUT2D eigenvalue weighted by molar-refractivity contribution is 8.02. The third-order valence-corrected chi connectivity index (χ3v) is 1.03. The molecule has 0 aromatic heterocycles. The second-order valence-corrected chi connectivity index (χ2v) is 1.69. The van der Waals surface area contributed by atoms with Crippen LogP contribution in [0.15, 0.2) is 11.6 Å². The molecular formula is C3H5NOS. The molecule has 1 heterocycles. The van der Waals surface area contributed by atoms with Crippen molar-refractivity contribution in [1.82, 2.24) is 5.48 Å². The van der Waals surface area contributed by atoms with E-state index in [4.69, 9.17) is 4.84 Å². The first-order chi connectivity index (χ1) is 3.00. The first-order valence-electron chi connectivity index (χ1n) is 1.64. The summed E-state index contributed by atoms with van der Waals surface area (Å²) in [5.74, 6) is 0.719. The van der Waals surface area contributed by atoms with Crippen LogP contribution in [0, 0.1) is 0 Å². The van der Waals surface area contributed by atoms with E-state index < -0.39 is 0 Å². The van der Waals surface area contributed by atoms with E-state index in [2.05, 4.69) is 5.48 Å². The van der Waals surface area contributed by atoms with Crippen LogP contribution in [0.1, 0.15) is 0 Å². The lowest BCUT2D eigenvalue weighted by atomic mass is 11.1. The molecule has 0 saturated carbocycles. The highest BCUT2D eigenvalue weighted by atomic mass is 32.2. The molecule has 1 aliphatic heterocycles. The summed E-state index contributed by atoms with van der Waals surface area (Å²) in [6, 6.07) is 0. The molecule has 34 valence electrons. The quantitative estimate of drug-likeness (QED) is 0.487. The second kappa shape index (κ2) is 2.10. The monoisotopic (exact) mass is 103 g/mol. The van der Waals surface area contributed by atoms with Gasteiger partial charge in [-0.3, -0.25) is 10.3 Å². The van der Waals surface area contributed by atoms with Crippen LogP contribution in [0.2, 0.25) is 0 Å². The zero-order chi connectivity index (χ0) is 4.24. The maximum Gasteiger partial charge on any atom is 0.124 e. The van der Waals surface area contributed by atoms with Gasteiger partial charge in [-0.15, -0.1) is 11.8 Å². The third-order valence-electron chi connectivity index (χ3n) is 0.443. The van der Waals surface area contributed by atoms with Gasteiger partial charge < -0.3 is 0 Å². The lowest BCUT2D eigenvalue weighted by Crippen LogP contribution is -2.07. The van der Waals surface area contributed by atoms with Crippen LogP contribution >= 0.6 is 11.8 Å². The zero-order valence-electron chi connectivity index (χ0n) is 3.18. The van der Waals surface area contributed by atoms with E-state index in [1.54, 1.807) is 18.0 Å². The van der Waals surface area contributed by atoms with E-state index in [-0.39, 0.29) is 0 Å². The van der Waals surface area contributed by atoms with Gasteiger partial charge in [-0.25, -0.2) is 0 Å². The van der Waals surface area contributed by atoms with Gasteiger partial charge in [-0.1, -0.05) is 0 Å². The Balaban J connectivity index is 2.26. The van der Waals surface area contributed by atoms with Gasteiger partial charge in [-0.05, 0) is 5.41 Å². The molecule has 0 saturated heterocycles. The van der Waals surface area contributed by atoms with Crippen molar-refractivity contribution in [2.75, 3.05) is 5.94 Å². The van der Waals surface area contributed by atoms with Crippen molar-refractivity contribution in [3.8, 4) is 0 Å². The van der Waals surface area contributed by atoms with Gasteiger partial charge in [0.05, 0.1) is 0 Å². The van der Waals surface area contributed by atoms with Crippen LogP contribution < -0.4 is 5.48 Å². The lowest BCUT2D eigenvalue weighted by Gasteiger charge is -2.02. The maximum atomic E-state index is 4.70. The Labute approximate surface area is 40.5 Å². The van der Waals surface area contributed by atoms with Crippen molar-refractivity contribution >= 4 is 11.8 Å². The van der Waals surface area contributed by atoms with Crippen molar-refractivity contribution in [1.29, 1.82) is 0 Å². The molecule has 1 aliphatic rings. The van der Waals surface area contributed by atoms with Gasteiger partial charge >= 0.3 is 0 Å². The van der Waals surface area contributed by atoms with Crippen molar-refractivity contribution in [2.45, 2.75) is 0 Å². The van der Waals surface area contributed by atoms with Gasteiger partial charge in [0, 0.05) is 6.20 Å². The molecule has 0 bridgehead atoms. The number of rotatable bonds is 0. The molecule has 0 amide bonds. The van der Waals surface area contributed by atoms with Gasteiger partial charge in [0.15, 0.2) is 0 Å². The van der Waals surface area contributed by atoms with E-state index in [0.717, 1.165) is 5.94 Å². The molecule has 6 heavy (non-hydrogen) atoms. The fourth-order valence-corrected chi connectivity index (χ4v) is 0.598. The van der Waals surface area contributed by atoms with E-state index in [9.17, 15) is 0 Å². The van der Waals surface area contributed by atoms with Crippen LogP contribution in [-0.4, -0.2) is 5.94 Å². The zero-order valence-corrected chi connectivity index (χ0v) is 3.99. The summed E-state index contributed by atoms with van der Waals surface area (Å²) in [5.41, 5.74) is 2.58. The molecule has 0 radical (unpaired) electrons. The third kappa shape index (κ3) is 0.914. The summed E-state index contributed by atoms with van der Waals surface area (Å²) in [6.45, 7) is 0. The van der Waals surface area contributed by atoms with Gasteiger partial charge in [0.1, 0.15) is 5.94 Å². The number of hydrogen-bond donors (Lipinski definition) is 1. The lowest BCUT2D eigenvalue weighted by molar-refractivity contribution is 0.112. The Morgan fingerprint density at radius 1 is 1.83 bits per heavy atom. The Morgan fingerprint density at radius 3 is 3.00 bits per heavy atom. The van der Waals surface area contributed by atoms with E-state index in [1.807, 2.05) is 5.41 Å². The second-order valence-electron chi connectivity index (χ2n) is 0.849. The summed E-state index contributed by atoms with van der Waals surface area (Å²) in [7, 11) is 0. The predicted molar refractivity (Wildman–Crippen MR) is 25.8 cm³/mol. The van der Waals surface area contributed by atoms with E-state index >= 15 is 0 Å². The summed E-state index contributed by atoms with van der Waals surface area (Å²) in [4.78, 5) is 4.70. The highest BCUT2D eigenvalue weighted by Crippen LogP contribution is 2.02. The molecule has 0 unspecified atom stereocenters. The Bertz CT molecular complexity index is 55.8. The van der Waals surface area contributed by atoms with Crippen LogP contribution in [0.3, 0.4) is 0 Å². The van der Waals surface area contributed by atoms with Gasteiger partial charge in [-0.2, -0.15) is 0 Å². The van der Waals surface area contributed by atoms with E-state index in [1.165, 1.54) is 0 Å². The van der Waals surface area contributed by atoms with Crippen LogP contribution in [0.25, 0.3) is 0 Å². The van der Waals surface area contributed by atoms with Crippen LogP contribution in [0.5, 0.6) is 0 Å². The summed E-state index contributed by atoms with van der Waals surface area (Å²) in [5, 5.41) is 1.95. The molecule has 3 heteroatoms. The topological polar surface area (TPSA) is 21.3 Å². The molecule has 0 atom stereocenters. The summed E-state index contributed by atoms with van der Waals surface area (Å²) >= 11 is 1.63. The minimum atomic E-state index is 0.719. The Hall–Kier alpha value is -0.150. The number of thioether (sulfide) groups is 1. The number of hydrogen-bond acceptors (Lipinski definition) is 3. The smallest absolute Gasteiger partial charge is 0.124 e. The SMILES string of the molecule is C1=CSCON1. The molecule has 1 N–H and O–H groups in total. The molecule has 0 spiro atoms. The standard InChI is InChI=1S/C3H5NOS/c1-2-6-3-5-4-1/h1-2,4H,3H2. The molecule has 1 rings (SSSR count). The van der Waals surface area contributed by atoms with Crippen LogP contribution in [-0.2, 0) is 4.84 Å². The molecule has 0 aromatic carbocycles. The minimum Gasteiger partial charge on any atom is -0.273 e. The normalized spacial score (nSPS) is 20.0. The molecule has 2 nitrogen and oxygen atoms in total. The largest absolute Gasteiger partial charge is 0.273 e. The van der Waals surface area contributed by atoms with Crippen molar-refractivity contribution in [3.05, 3.63) is 11.6 Å². The number of hydroxylamine groups is 1. The minimum absolute atomic E-state index is 0.719. The van der Waals surface area contributed by atoms with Gasteiger partial charge in [0.2, 0.25) is 0 Å². The van der Waals surface area contributed by atoms with Crippen LogP contribution in [0.4, 0.5) is 0 Å². The fourth-order valence-electron chi connectivity index (χ4n) is 0.231. The van der Waals surface area contributed by atoms with Crippen molar-refractivity contribution in [2.24, 2.45) is 0 Å². The Kier molecular flexibility index (Phi) is 1.41. The molecule has 0 fully saturated rings. The van der Waals surface area contributed by atoms with Gasteiger partial charge in [0.25, 0.3) is 0 Å². The average molecular weight is 103 g/mol. The molecule has 0 aromatic rings. The van der Waals surface area contributed by atoms with Crippen molar-refractivity contribution < 1.29 is 4.84 Å². The maximum absolute atomic E-state index is 4.70. The number of nitrogens with one attached hydrogen (secondary N) is 1. The summed E-state index contributed by atoms with van der Waals surface area (Å²) < 4.78 is 0.